The van der Waals surface area contributed by atoms with E-state index >= 15 is 0 Å². The summed E-state index contributed by atoms with van der Waals surface area (Å²) in [6.45, 7) is 0.462. The van der Waals surface area contributed by atoms with E-state index in [0.717, 1.165) is 11.1 Å². The van der Waals surface area contributed by atoms with Crippen LogP contribution in [0.3, 0.4) is 0 Å². The lowest BCUT2D eigenvalue weighted by Crippen LogP contribution is -2.30. The van der Waals surface area contributed by atoms with Gasteiger partial charge in [-0.2, -0.15) is 0 Å². The highest BCUT2D eigenvalue weighted by Crippen LogP contribution is 2.12. The third kappa shape index (κ3) is 4.89. The predicted octanol–water partition coefficient (Wildman–Crippen LogP) is 2.08. The van der Waals surface area contributed by atoms with Crippen LogP contribution in [0.25, 0.3) is 0 Å². The van der Waals surface area contributed by atoms with E-state index < -0.39 is 6.09 Å². The number of amides is 1. The molecule has 0 saturated heterocycles. The fourth-order valence-corrected chi connectivity index (χ4v) is 1.89. The summed E-state index contributed by atoms with van der Waals surface area (Å²) in [4.78, 5) is 15.6. The van der Waals surface area contributed by atoms with Gasteiger partial charge in [-0.3, -0.25) is 4.98 Å². The number of alkyl carbamates (subject to hydrolysis) is 1. The van der Waals surface area contributed by atoms with Crippen molar-refractivity contribution in [2.24, 2.45) is 0 Å². The van der Waals surface area contributed by atoms with E-state index in [4.69, 9.17) is 4.74 Å². The van der Waals surface area contributed by atoms with E-state index in [2.05, 4.69) is 10.3 Å². The van der Waals surface area contributed by atoms with Crippen LogP contribution in [-0.4, -0.2) is 29.3 Å². The summed E-state index contributed by atoms with van der Waals surface area (Å²) in [6.07, 6.45) is 2.85. The lowest BCUT2D eigenvalue weighted by atomic mass is 10.0. The summed E-state index contributed by atoms with van der Waals surface area (Å²) in [6, 6.07) is 13.1. The molecule has 2 rings (SSSR count). The van der Waals surface area contributed by atoms with Gasteiger partial charge in [-0.05, 0) is 17.2 Å². The normalized spacial score (nSPS) is 11.7. The van der Waals surface area contributed by atoms with Gasteiger partial charge in [0.15, 0.2) is 0 Å². The molecule has 0 bridgehead atoms. The highest BCUT2D eigenvalue weighted by atomic mass is 16.5. The predicted molar refractivity (Wildman–Crippen MR) is 78.7 cm³/mol. The zero-order valence-corrected chi connectivity index (χ0v) is 11.6. The second-order valence-electron chi connectivity index (χ2n) is 4.61. The van der Waals surface area contributed by atoms with Crippen LogP contribution in [0.1, 0.15) is 17.0 Å². The molecule has 0 fully saturated rings. The molecule has 0 saturated carbocycles. The lowest BCUT2D eigenvalue weighted by Gasteiger charge is -2.15. The Balaban J connectivity index is 1.77. The number of nitrogens with one attached hydrogen (secondary N) is 1. The number of pyridine rings is 1. The van der Waals surface area contributed by atoms with Gasteiger partial charge in [0.25, 0.3) is 0 Å². The summed E-state index contributed by atoms with van der Waals surface area (Å²) in [5.41, 5.74) is 1.81. The number of carbonyl (C=O) groups excluding carboxylic acids is 1. The zero-order valence-electron chi connectivity index (χ0n) is 11.6. The smallest absolute Gasteiger partial charge is 0.407 e. The first-order chi connectivity index (χ1) is 10.3. The fourth-order valence-electron chi connectivity index (χ4n) is 1.89. The average Bonchev–Trinajstić information content (AvgIpc) is 2.55. The minimum Gasteiger partial charge on any atom is -0.445 e. The molecule has 1 amide bonds. The van der Waals surface area contributed by atoms with E-state index in [1.54, 1.807) is 18.5 Å². The molecule has 2 aromatic rings. The molecule has 110 valence electrons. The Morgan fingerprint density at radius 2 is 2.05 bits per heavy atom. The number of hydrogen-bond donors (Lipinski definition) is 2. The van der Waals surface area contributed by atoms with Crippen molar-refractivity contribution in [1.29, 1.82) is 0 Å². The topological polar surface area (TPSA) is 71.5 Å². The van der Waals surface area contributed by atoms with E-state index in [0.29, 0.717) is 6.54 Å². The van der Waals surface area contributed by atoms with Crippen molar-refractivity contribution in [3.05, 3.63) is 66.0 Å². The molecule has 0 aliphatic carbocycles. The molecule has 0 spiro atoms. The molecule has 0 aliphatic heterocycles. The number of carbonyl (C=O) groups is 1. The first kappa shape index (κ1) is 15.0. The van der Waals surface area contributed by atoms with Crippen LogP contribution in [-0.2, 0) is 11.3 Å². The molecule has 2 N–H and O–H groups in total. The van der Waals surface area contributed by atoms with E-state index in [1.165, 1.54) is 0 Å². The number of aliphatic hydroxyl groups excluding tert-OH is 1. The highest BCUT2D eigenvalue weighted by Gasteiger charge is 2.12. The van der Waals surface area contributed by atoms with Gasteiger partial charge in [-0.1, -0.05) is 36.4 Å². The second kappa shape index (κ2) is 8.01. The van der Waals surface area contributed by atoms with Crippen LogP contribution < -0.4 is 5.32 Å². The largest absolute Gasteiger partial charge is 0.445 e. The second-order valence-corrected chi connectivity index (χ2v) is 4.61. The summed E-state index contributed by atoms with van der Waals surface area (Å²) in [5.74, 6) is -0.192. The van der Waals surface area contributed by atoms with Crippen LogP contribution >= 0.6 is 0 Å². The minimum absolute atomic E-state index is 0.0648. The molecular weight excluding hydrogens is 268 g/mol. The molecule has 1 unspecified atom stereocenters. The fraction of sp³-hybridized carbons (Fsp3) is 0.250. The molecule has 1 heterocycles. The molecule has 1 aromatic heterocycles. The number of hydrogen-bond acceptors (Lipinski definition) is 4. The number of benzene rings is 1. The molecule has 5 nitrogen and oxygen atoms in total. The number of rotatable bonds is 6. The van der Waals surface area contributed by atoms with Crippen LogP contribution in [0, 0.1) is 0 Å². The maximum absolute atomic E-state index is 11.6. The van der Waals surface area contributed by atoms with Crippen molar-refractivity contribution in [3.8, 4) is 0 Å². The Kier molecular flexibility index (Phi) is 5.72. The quantitative estimate of drug-likeness (QED) is 0.853. The first-order valence-corrected chi connectivity index (χ1v) is 6.75. The van der Waals surface area contributed by atoms with Gasteiger partial charge in [0, 0.05) is 24.9 Å². The number of aliphatic hydroxyl groups is 1. The molecule has 1 atom stereocenters. The Labute approximate surface area is 123 Å². The Hall–Kier alpha value is -2.40. The van der Waals surface area contributed by atoms with E-state index in [9.17, 15) is 9.90 Å². The molecule has 21 heavy (non-hydrogen) atoms. The average molecular weight is 286 g/mol. The van der Waals surface area contributed by atoms with Gasteiger partial charge in [0.2, 0.25) is 0 Å². The van der Waals surface area contributed by atoms with Gasteiger partial charge < -0.3 is 15.2 Å². The third-order valence-corrected chi connectivity index (χ3v) is 3.08. The Morgan fingerprint density at radius 1 is 1.24 bits per heavy atom. The van der Waals surface area contributed by atoms with E-state index in [1.807, 2.05) is 36.4 Å². The third-order valence-electron chi connectivity index (χ3n) is 3.08. The van der Waals surface area contributed by atoms with Crippen LogP contribution in [0.4, 0.5) is 4.79 Å². The minimum atomic E-state index is -0.499. The summed E-state index contributed by atoms with van der Waals surface area (Å²) in [7, 11) is 0. The van der Waals surface area contributed by atoms with Crippen LogP contribution in [0.15, 0.2) is 54.9 Å². The van der Waals surface area contributed by atoms with Gasteiger partial charge in [-0.25, -0.2) is 4.79 Å². The molecular formula is C16H18N2O3. The first-order valence-electron chi connectivity index (χ1n) is 6.75. The molecule has 1 aromatic carbocycles. The summed E-state index contributed by atoms with van der Waals surface area (Å²) in [5, 5.41) is 12.0. The van der Waals surface area contributed by atoms with Gasteiger partial charge in [0.1, 0.15) is 6.61 Å². The van der Waals surface area contributed by atoms with Crippen molar-refractivity contribution < 1.29 is 14.6 Å². The monoisotopic (exact) mass is 286 g/mol. The number of aromatic nitrogens is 1. The molecule has 5 heteroatoms. The van der Waals surface area contributed by atoms with Crippen molar-refractivity contribution in [1.82, 2.24) is 10.3 Å². The van der Waals surface area contributed by atoms with Crippen molar-refractivity contribution in [3.63, 3.8) is 0 Å². The van der Waals surface area contributed by atoms with Gasteiger partial charge in [0.05, 0.1) is 6.61 Å². The van der Waals surface area contributed by atoms with Crippen LogP contribution in [0.5, 0.6) is 0 Å². The standard InChI is InChI=1S/C16H18N2O3/c19-11-15(14-7-4-8-17-9-14)10-18-16(20)21-12-13-5-2-1-3-6-13/h1-9,15,19H,10-12H2,(H,18,20). The van der Waals surface area contributed by atoms with Crippen molar-refractivity contribution in [2.75, 3.05) is 13.2 Å². The number of nitrogens with zero attached hydrogens (tertiary/aromatic N) is 1. The SMILES string of the molecule is O=C(NCC(CO)c1cccnc1)OCc1ccccc1. The van der Waals surface area contributed by atoms with Crippen LogP contribution in [0.2, 0.25) is 0 Å². The van der Waals surface area contributed by atoms with Crippen molar-refractivity contribution in [2.45, 2.75) is 12.5 Å². The summed E-state index contributed by atoms with van der Waals surface area (Å²) < 4.78 is 5.11. The maximum Gasteiger partial charge on any atom is 0.407 e. The number of ether oxygens (including phenoxy) is 1. The Morgan fingerprint density at radius 3 is 2.71 bits per heavy atom. The lowest BCUT2D eigenvalue weighted by molar-refractivity contribution is 0.137. The zero-order chi connectivity index (χ0) is 14.9. The Bertz CT molecular complexity index is 546. The molecule has 0 radical (unpaired) electrons. The van der Waals surface area contributed by atoms with Crippen molar-refractivity contribution >= 4 is 6.09 Å². The van der Waals surface area contributed by atoms with Gasteiger partial charge >= 0.3 is 6.09 Å². The van der Waals surface area contributed by atoms with Gasteiger partial charge in [-0.15, -0.1) is 0 Å². The highest BCUT2D eigenvalue weighted by molar-refractivity contribution is 5.67. The maximum atomic E-state index is 11.6. The molecule has 0 aliphatic rings. The summed E-state index contributed by atoms with van der Waals surface area (Å²) >= 11 is 0. The van der Waals surface area contributed by atoms with E-state index in [-0.39, 0.29) is 19.1 Å².